The van der Waals surface area contributed by atoms with Crippen molar-refractivity contribution in [2.75, 3.05) is 25.0 Å². The Hall–Kier alpha value is -3.64. The Balaban J connectivity index is 1.39. The van der Waals surface area contributed by atoms with E-state index in [1.807, 2.05) is 19.1 Å². The number of benzene rings is 2. The van der Waals surface area contributed by atoms with Gasteiger partial charge in [0.2, 0.25) is 0 Å². The molecule has 2 aromatic carbocycles. The highest BCUT2D eigenvalue weighted by molar-refractivity contribution is 6.34. The van der Waals surface area contributed by atoms with E-state index in [9.17, 15) is 5.26 Å². The van der Waals surface area contributed by atoms with E-state index in [0.29, 0.717) is 45.6 Å². The van der Waals surface area contributed by atoms with Crippen LogP contribution in [0.4, 0.5) is 15.8 Å². The standard InChI is InChI=1S/C29H26Cl2FN5O2/c1-17-3-2-4-20(36-17)16-39-28-10-22(30)26(11-24(28)32)37-29-19(13-33)14-35-25-12-27(23(31)9-21(25)29)38-15-18-5-7-34-8-6-18/h2-4,9-12,14,18,34H,5-8,15-16H2,1H3,(H,35,37). The molecule has 0 atom stereocenters. The maximum Gasteiger partial charge on any atom is 0.167 e. The van der Waals surface area contributed by atoms with Crippen molar-refractivity contribution in [2.45, 2.75) is 26.4 Å². The van der Waals surface area contributed by atoms with Crippen LogP contribution in [-0.2, 0) is 6.61 Å². The van der Waals surface area contributed by atoms with Gasteiger partial charge < -0.3 is 20.1 Å². The Kier molecular flexibility index (Phi) is 8.32. The van der Waals surface area contributed by atoms with Crippen LogP contribution in [0.2, 0.25) is 10.0 Å². The molecule has 0 amide bonds. The van der Waals surface area contributed by atoms with E-state index >= 15 is 4.39 Å². The van der Waals surface area contributed by atoms with Gasteiger partial charge in [-0.15, -0.1) is 0 Å². The summed E-state index contributed by atoms with van der Waals surface area (Å²) in [7, 11) is 0. The van der Waals surface area contributed by atoms with E-state index in [2.05, 4.69) is 26.7 Å². The van der Waals surface area contributed by atoms with Gasteiger partial charge in [-0.1, -0.05) is 29.3 Å². The molecule has 0 aliphatic carbocycles. The van der Waals surface area contributed by atoms with Crippen LogP contribution < -0.4 is 20.1 Å². The fourth-order valence-corrected chi connectivity index (χ4v) is 4.90. The molecule has 1 fully saturated rings. The number of fused-ring (bicyclic) bond motifs is 1. The third-order valence-electron chi connectivity index (χ3n) is 6.58. The summed E-state index contributed by atoms with van der Waals surface area (Å²) in [5.41, 5.74) is 3.01. The molecule has 5 rings (SSSR count). The Labute approximate surface area is 235 Å². The van der Waals surface area contributed by atoms with Crippen LogP contribution in [-0.4, -0.2) is 29.7 Å². The van der Waals surface area contributed by atoms with Crippen LogP contribution in [0.15, 0.2) is 48.7 Å². The molecular weight excluding hydrogens is 540 g/mol. The highest BCUT2D eigenvalue weighted by Gasteiger charge is 2.18. The summed E-state index contributed by atoms with van der Waals surface area (Å²) in [6, 6.07) is 13.7. The number of anilines is 2. The molecule has 0 bridgehead atoms. The average Bonchev–Trinajstić information content (AvgIpc) is 2.94. The molecule has 3 heterocycles. The van der Waals surface area contributed by atoms with E-state index in [0.717, 1.165) is 31.6 Å². The SMILES string of the molecule is Cc1cccc(COc2cc(Cl)c(Nc3c(C#N)cnc4cc(OCC5CCNCC5)c(Cl)cc34)cc2F)n1. The molecule has 2 N–H and O–H groups in total. The second kappa shape index (κ2) is 12.0. The Morgan fingerprint density at radius 1 is 1.10 bits per heavy atom. The molecular formula is C29H26Cl2FN5O2. The van der Waals surface area contributed by atoms with Gasteiger partial charge in [-0.3, -0.25) is 9.97 Å². The summed E-state index contributed by atoms with van der Waals surface area (Å²) in [4.78, 5) is 8.78. The van der Waals surface area contributed by atoms with Crippen molar-refractivity contribution in [1.82, 2.24) is 15.3 Å². The quantitative estimate of drug-likeness (QED) is 0.238. The van der Waals surface area contributed by atoms with Crippen LogP contribution in [0.1, 0.15) is 29.8 Å². The number of nitrogens with zero attached hydrogens (tertiary/aromatic N) is 3. The number of ether oxygens (including phenoxy) is 2. The first-order chi connectivity index (χ1) is 18.9. The van der Waals surface area contributed by atoms with Gasteiger partial charge in [0.1, 0.15) is 18.4 Å². The number of rotatable bonds is 8. The van der Waals surface area contributed by atoms with Crippen molar-refractivity contribution in [1.29, 1.82) is 5.26 Å². The van der Waals surface area contributed by atoms with Crippen LogP contribution in [0, 0.1) is 30.0 Å². The van der Waals surface area contributed by atoms with Crippen LogP contribution >= 0.6 is 23.2 Å². The molecule has 200 valence electrons. The van der Waals surface area contributed by atoms with Gasteiger partial charge in [-0.2, -0.15) is 5.26 Å². The zero-order valence-corrected chi connectivity index (χ0v) is 22.7. The Morgan fingerprint density at radius 2 is 1.92 bits per heavy atom. The lowest BCUT2D eigenvalue weighted by Gasteiger charge is -2.23. The van der Waals surface area contributed by atoms with Gasteiger partial charge in [0.25, 0.3) is 0 Å². The molecule has 0 unspecified atom stereocenters. The Morgan fingerprint density at radius 3 is 2.69 bits per heavy atom. The number of aryl methyl sites for hydroxylation is 1. The summed E-state index contributed by atoms with van der Waals surface area (Å²) < 4.78 is 26.7. The number of pyridine rings is 2. The number of nitrogens with one attached hydrogen (secondary N) is 2. The predicted octanol–water partition coefficient (Wildman–Crippen LogP) is 6.96. The van der Waals surface area contributed by atoms with Crippen molar-refractivity contribution in [3.05, 3.63) is 81.5 Å². The monoisotopic (exact) mass is 565 g/mol. The summed E-state index contributed by atoms with van der Waals surface area (Å²) in [6.45, 7) is 4.49. The molecule has 1 aliphatic rings. The predicted molar refractivity (Wildman–Crippen MR) is 151 cm³/mol. The van der Waals surface area contributed by atoms with E-state index in [1.165, 1.54) is 18.3 Å². The topological polar surface area (TPSA) is 92.1 Å². The fraction of sp³-hybridized carbons (Fsp3) is 0.276. The number of hydrogen-bond donors (Lipinski definition) is 2. The normalized spacial score (nSPS) is 13.7. The first-order valence-corrected chi connectivity index (χ1v) is 13.3. The van der Waals surface area contributed by atoms with Gasteiger partial charge in [-0.25, -0.2) is 4.39 Å². The summed E-state index contributed by atoms with van der Waals surface area (Å²) in [5.74, 6) is 0.367. The second-order valence-electron chi connectivity index (χ2n) is 9.41. The molecule has 0 saturated carbocycles. The van der Waals surface area contributed by atoms with Crippen molar-refractivity contribution in [2.24, 2.45) is 5.92 Å². The van der Waals surface area contributed by atoms with Gasteiger partial charge >= 0.3 is 0 Å². The first-order valence-electron chi connectivity index (χ1n) is 12.6. The fourth-order valence-electron chi connectivity index (χ4n) is 4.48. The van der Waals surface area contributed by atoms with Crippen molar-refractivity contribution < 1.29 is 13.9 Å². The van der Waals surface area contributed by atoms with Gasteiger partial charge in [0.05, 0.1) is 44.8 Å². The zero-order chi connectivity index (χ0) is 27.4. The molecule has 4 aromatic rings. The molecule has 1 aliphatic heterocycles. The Bertz CT molecular complexity index is 1550. The summed E-state index contributed by atoms with van der Waals surface area (Å²) >= 11 is 13.1. The molecule has 10 heteroatoms. The van der Waals surface area contributed by atoms with E-state index < -0.39 is 5.82 Å². The molecule has 39 heavy (non-hydrogen) atoms. The minimum absolute atomic E-state index is 0.00692. The highest BCUT2D eigenvalue weighted by atomic mass is 35.5. The molecule has 0 radical (unpaired) electrons. The van der Waals surface area contributed by atoms with Gasteiger partial charge in [0, 0.05) is 35.5 Å². The molecule has 1 saturated heterocycles. The van der Waals surface area contributed by atoms with Crippen LogP contribution in [0.5, 0.6) is 11.5 Å². The lowest BCUT2D eigenvalue weighted by molar-refractivity contribution is 0.215. The first kappa shape index (κ1) is 26.9. The molecule has 7 nitrogen and oxygen atoms in total. The smallest absolute Gasteiger partial charge is 0.167 e. The third kappa shape index (κ3) is 6.34. The second-order valence-corrected chi connectivity index (χ2v) is 10.2. The number of aromatic nitrogens is 2. The molecule has 2 aromatic heterocycles. The maximum absolute atomic E-state index is 15.0. The number of hydrogen-bond acceptors (Lipinski definition) is 7. The molecule has 0 spiro atoms. The van der Waals surface area contributed by atoms with E-state index in [1.54, 1.807) is 18.2 Å². The van der Waals surface area contributed by atoms with Crippen molar-refractivity contribution in [3.63, 3.8) is 0 Å². The largest absolute Gasteiger partial charge is 0.492 e. The van der Waals surface area contributed by atoms with E-state index in [4.69, 9.17) is 32.7 Å². The number of piperidine rings is 1. The van der Waals surface area contributed by atoms with Crippen molar-refractivity contribution >= 4 is 45.5 Å². The minimum Gasteiger partial charge on any atom is -0.492 e. The average molecular weight is 566 g/mol. The lowest BCUT2D eigenvalue weighted by atomic mass is 9.99. The highest BCUT2D eigenvalue weighted by Crippen LogP contribution is 2.38. The summed E-state index contributed by atoms with van der Waals surface area (Å²) in [5, 5.41) is 17.4. The van der Waals surface area contributed by atoms with Crippen molar-refractivity contribution in [3.8, 4) is 17.6 Å². The van der Waals surface area contributed by atoms with Gasteiger partial charge in [-0.05, 0) is 57.0 Å². The van der Waals surface area contributed by atoms with Crippen LogP contribution in [0.25, 0.3) is 10.9 Å². The lowest BCUT2D eigenvalue weighted by Crippen LogP contribution is -2.30. The number of nitriles is 1. The minimum atomic E-state index is -0.613. The van der Waals surface area contributed by atoms with Gasteiger partial charge in [0.15, 0.2) is 11.6 Å². The van der Waals surface area contributed by atoms with Crippen LogP contribution in [0.3, 0.4) is 0 Å². The summed E-state index contributed by atoms with van der Waals surface area (Å²) in [6.07, 6.45) is 3.55. The maximum atomic E-state index is 15.0. The zero-order valence-electron chi connectivity index (χ0n) is 21.2. The number of halogens is 3. The van der Waals surface area contributed by atoms with E-state index in [-0.39, 0.29) is 28.6 Å². The third-order valence-corrected chi connectivity index (χ3v) is 7.19.